The van der Waals surface area contributed by atoms with E-state index in [0.717, 1.165) is 10.5 Å². The molecule has 0 heterocycles. The van der Waals surface area contributed by atoms with Crippen molar-refractivity contribution in [2.45, 2.75) is 6.92 Å². The molecule has 1 aromatic carbocycles. The molecule has 0 saturated carbocycles. The van der Waals surface area contributed by atoms with Crippen LogP contribution < -0.4 is 11.1 Å². The Balaban J connectivity index is 2.68. The Bertz CT molecular complexity index is 546. The van der Waals surface area contributed by atoms with Gasteiger partial charge in [0.25, 0.3) is 0 Å². The summed E-state index contributed by atoms with van der Waals surface area (Å²) in [5.74, 6) is -2.29. The van der Waals surface area contributed by atoms with E-state index in [2.05, 4.69) is 5.32 Å². The van der Waals surface area contributed by atoms with E-state index in [4.69, 9.17) is 22.4 Å². The number of nitrogens with one attached hydrogen (secondary N) is 1. The van der Waals surface area contributed by atoms with E-state index in [1.807, 2.05) is 0 Å². The lowest BCUT2D eigenvalue weighted by Crippen LogP contribution is -2.41. The molecule has 0 spiro atoms. The molecule has 2 amide bonds. The highest BCUT2D eigenvalue weighted by molar-refractivity contribution is 6.30. The van der Waals surface area contributed by atoms with Gasteiger partial charge in [-0.2, -0.15) is 0 Å². The third kappa shape index (κ3) is 6.24. The first kappa shape index (κ1) is 16.9. The number of halogens is 1. The number of carboxylic acids is 1. The molecule has 0 radical (unpaired) electrons. The lowest BCUT2D eigenvalue weighted by atomic mass is 10.2. The first-order valence-electron chi connectivity index (χ1n) is 6.06. The van der Waals surface area contributed by atoms with Gasteiger partial charge in [-0.05, 0) is 30.7 Å². The van der Waals surface area contributed by atoms with Gasteiger partial charge in [0, 0.05) is 10.7 Å². The maximum Gasteiger partial charge on any atom is 0.317 e. The van der Waals surface area contributed by atoms with Crippen molar-refractivity contribution >= 4 is 35.1 Å². The van der Waals surface area contributed by atoms with E-state index in [1.165, 1.54) is 0 Å². The molecule has 7 nitrogen and oxygen atoms in total. The van der Waals surface area contributed by atoms with Crippen LogP contribution in [0.15, 0.2) is 18.2 Å². The van der Waals surface area contributed by atoms with E-state index in [9.17, 15) is 14.4 Å². The Kier molecular flexibility index (Phi) is 6.13. The lowest BCUT2D eigenvalue weighted by molar-refractivity contribution is -0.138. The maximum absolute atomic E-state index is 11.9. The molecule has 4 N–H and O–H groups in total. The summed E-state index contributed by atoms with van der Waals surface area (Å²) in [4.78, 5) is 34.6. The predicted octanol–water partition coefficient (Wildman–Crippen LogP) is 0.459. The summed E-state index contributed by atoms with van der Waals surface area (Å²) in [5.41, 5.74) is 6.36. The van der Waals surface area contributed by atoms with Crippen molar-refractivity contribution in [3.8, 4) is 0 Å². The highest BCUT2D eigenvalue weighted by atomic mass is 35.5. The second-order valence-corrected chi connectivity index (χ2v) is 4.95. The molecule has 21 heavy (non-hydrogen) atoms. The van der Waals surface area contributed by atoms with Gasteiger partial charge in [-0.25, -0.2) is 0 Å². The Labute approximate surface area is 126 Å². The minimum Gasteiger partial charge on any atom is -0.480 e. The SMILES string of the molecule is Cc1cc(Cl)ccc1NC(=O)CN(CC(N)=O)CC(=O)O. The molecule has 0 fully saturated rings. The van der Waals surface area contributed by atoms with Crippen molar-refractivity contribution in [3.05, 3.63) is 28.8 Å². The zero-order valence-electron chi connectivity index (χ0n) is 11.4. The minimum absolute atomic E-state index is 0.253. The number of carbonyl (C=O) groups is 3. The molecule has 0 bridgehead atoms. The van der Waals surface area contributed by atoms with Crippen LogP contribution >= 0.6 is 11.6 Å². The second-order valence-electron chi connectivity index (χ2n) is 4.51. The molecule has 1 aromatic rings. The predicted molar refractivity (Wildman–Crippen MR) is 78.1 cm³/mol. The van der Waals surface area contributed by atoms with Gasteiger partial charge in [-0.3, -0.25) is 19.3 Å². The van der Waals surface area contributed by atoms with E-state index in [-0.39, 0.29) is 13.1 Å². The largest absolute Gasteiger partial charge is 0.480 e. The molecule has 0 aliphatic carbocycles. The van der Waals surface area contributed by atoms with Gasteiger partial charge in [0.1, 0.15) is 0 Å². The molecule has 0 unspecified atom stereocenters. The number of amides is 2. The Morgan fingerprint density at radius 1 is 1.29 bits per heavy atom. The monoisotopic (exact) mass is 313 g/mol. The number of hydrogen-bond acceptors (Lipinski definition) is 4. The van der Waals surface area contributed by atoms with Crippen LogP contribution in [0.4, 0.5) is 5.69 Å². The average Bonchev–Trinajstić information content (AvgIpc) is 2.30. The van der Waals surface area contributed by atoms with Crippen LogP contribution in [-0.4, -0.2) is 47.4 Å². The topological polar surface area (TPSA) is 113 Å². The van der Waals surface area contributed by atoms with Crippen molar-refractivity contribution in [1.82, 2.24) is 4.90 Å². The number of primary amides is 1. The molecular formula is C13H16ClN3O4. The number of benzene rings is 1. The number of carboxylic acid groups (broad SMARTS) is 1. The van der Waals surface area contributed by atoms with E-state index in [1.54, 1.807) is 25.1 Å². The van der Waals surface area contributed by atoms with Gasteiger partial charge < -0.3 is 16.2 Å². The highest BCUT2D eigenvalue weighted by Crippen LogP contribution is 2.19. The normalized spacial score (nSPS) is 10.4. The third-order valence-electron chi connectivity index (χ3n) is 2.57. The van der Waals surface area contributed by atoms with Gasteiger partial charge in [-0.1, -0.05) is 11.6 Å². The van der Waals surface area contributed by atoms with Gasteiger partial charge in [-0.15, -0.1) is 0 Å². The number of aryl methyl sites for hydroxylation is 1. The number of aliphatic carboxylic acids is 1. The summed E-state index contributed by atoms with van der Waals surface area (Å²) in [7, 11) is 0. The number of carbonyl (C=O) groups excluding carboxylic acids is 2. The third-order valence-corrected chi connectivity index (χ3v) is 2.80. The zero-order valence-corrected chi connectivity index (χ0v) is 12.2. The standard InChI is InChI=1S/C13H16ClN3O4/c1-8-4-9(14)2-3-10(8)16-12(19)6-17(5-11(15)18)7-13(20)21/h2-4H,5-7H2,1H3,(H2,15,18)(H,16,19)(H,20,21). The molecule has 0 aliphatic rings. The Morgan fingerprint density at radius 2 is 1.95 bits per heavy atom. The molecule has 1 rings (SSSR count). The average molecular weight is 314 g/mol. The molecule has 0 saturated heterocycles. The van der Waals surface area contributed by atoms with Gasteiger partial charge >= 0.3 is 5.97 Å². The summed E-state index contributed by atoms with van der Waals surface area (Å²) in [5, 5.41) is 11.9. The number of nitrogens with zero attached hydrogens (tertiary/aromatic N) is 1. The second kappa shape index (κ2) is 7.61. The summed E-state index contributed by atoms with van der Waals surface area (Å²) < 4.78 is 0. The van der Waals surface area contributed by atoms with Gasteiger partial charge in [0.05, 0.1) is 19.6 Å². The highest BCUT2D eigenvalue weighted by Gasteiger charge is 2.16. The van der Waals surface area contributed by atoms with Crippen LogP contribution in [0.3, 0.4) is 0 Å². The fourth-order valence-corrected chi connectivity index (χ4v) is 1.97. The summed E-state index contributed by atoms with van der Waals surface area (Å²) in [6, 6.07) is 4.96. The van der Waals surface area contributed by atoms with Crippen molar-refractivity contribution in [1.29, 1.82) is 0 Å². The Morgan fingerprint density at radius 3 is 2.48 bits per heavy atom. The molecule has 0 aliphatic heterocycles. The first-order valence-corrected chi connectivity index (χ1v) is 6.44. The smallest absolute Gasteiger partial charge is 0.317 e. The van der Waals surface area contributed by atoms with Crippen LogP contribution in [0.2, 0.25) is 5.02 Å². The van der Waals surface area contributed by atoms with Crippen LogP contribution in [0, 0.1) is 6.92 Å². The van der Waals surface area contributed by atoms with Crippen LogP contribution in [0.1, 0.15) is 5.56 Å². The number of rotatable bonds is 7. The van der Waals surface area contributed by atoms with Crippen molar-refractivity contribution in [2.75, 3.05) is 25.0 Å². The van der Waals surface area contributed by atoms with Crippen molar-refractivity contribution in [2.24, 2.45) is 5.73 Å². The van der Waals surface area contributed by atoms with Crippen LogP contribution in [0.5, 0.6) is 0 Å². The van der Waals surface area contributed by atoms with Crippen molar-refractivity contribution < 1.29 is 19.5 Å². The molecular weight excluding hydrogens is 298 g/mol. The minimum atomic E-state index is -1.15. The molecule has 8 heteroatoms. The number of anilines is 1. The summed E-state index contributed by atoms with van der Waals surface area (Å²) >= 11 is 5.81. The summed E-state index contributed by atoms with van der Waals surface area (Å²) in [6.07, 6.45) is 0. The van der Waals surface area contributed by atoms with Gasteiger partial charge in [0.2, 0.25) is 11.8 Å². The fourth-order valence-electron chi connectivity index (χ4n) is 1.74. The van der Waals surface area contributed by atoms with Crippen LogP contribution in [0.25, 0.3) is 0 Å². The zero-order chi connectivity index (χ0) is 16.0. The molecule has 0 aromatic heterocycles. The maximum atomic E-state index is 11.9. The van der Waals surface area contributed by atoms with Gasteiger partial charge in [0.15, 0.2) is 0 Å². The Hall–Kier alpha value is -2.12. The van der Waals surface area contributed by atoms with E-state index < -0.39 is 24.3 Å². The quantitative estimate of drug-likeness (QED) is 0.677. The number of hydrogen-bond donors (Lipinski definition) is 3. The van der Waals surface area contributed by atoms with Crippen molar-refractivity contribution in [3.63, 3.8) is 0 Å². The number of nitrogens with two attached hydrogens (primary N) is 1. The van der Waals surface area contributed by atoms with E-state index >= 15 is 0 Å². The molecule has 0 atom stereocenters. The molecule has 114 valence electrons. The fraction of sp³-hybridized carbons (Fsp3) is 0.308. The van der Waals surface area contributed by atoms with Crippen LogP contribution in [-0.2, 0) is 14.4 Å². The lowest BCUT2D eigenvalue weighted by Gasteiger charge is -2.18. The summed E-state index contributed by atoms with van der Waals surface area (Å²) in [6.45, 7) is 0.770. The van der Waals surface area contributed by atoms with E-state index in [0.29, 0.717) is 10.7 Å². The first-order chi connectivity index (χ1) is 9.77.